The number of aryl methyl sites for hydroxylation is 1. The molecular weight excluding hydrogens is 274 g/mol. The van der Waals surface area contributed by atoms with Crippen molar-refractivity contribution in [2.75, 3.05) is 6.54 Å². The lowest BCUT2D eigenvalue weighted by Crippen LogP contribution is -2.02. The first-order chi connectivity index (χ1) is 8.20. The fraction of sp³-hybridized carbons (Fsp3) is 0.200. The molecule has 0 saturated heterocycles. The molecule has 0 saturated carbocycles. The van der Waals surface area contributed by atoms with Crippen molar-refractivity contribution in [3.05, 3.63) is 58.1 Å². The van der Waals surface area contributed by atoms with Crippen molar-refractivity contribution < 1.29 is 0 Å². The van der Waals surface area contributed by atoms with Gasteiger partial charge < -0.3 is 5.73 Å². The first kappa shape index (κ1) is 12.3. The molecule has 2 N–H and O–H groups in total. The second-order valence-electron chi connectivity index (χ2n) is 4.22. The van der Waals surface area contributed by atoms with Crippen LogP contribution in [-0.4, -0.2) is 6.54 Å². The van der Waals surface area contributed by atoms with Crippen LogP contribution in [0, 0.1) is 6.92 Å². The summed E-state index contributed by atoms with van der Waals surface area (Å²) in [4.78, 5) is 0. The van der Waals surface area contributed by atoms with Gasteiger partial charge >= 0.3 is 0 Å². The third-order valence-electron chi connectivity index (χ3n) is 2.83. The summed E-state index contributed by atoms with van der Waals surface area (Å²) in [6.45, 7) is 2.79. The molecule has 0 unspecified atom stereocenters. The molecule has 2 heteroatoms. The minimum Gasteiger partial charge on any atom is -0.330 e. The Morgan fingerprint density at radius 1 is 1.06 bits per heavy atom. The van der Waals surface area contributed by atoms with E-state index in [2.05, 4.69) is 65.3 Å². The van der Waals surface area contributed by atoms with E-state index in [1.165, 1.54) is 22.3 Å². The lowest BCUT2D eigenvalue weighted by atomic mass is 10.0. The Hall–Kier alpha value is -1.12. The van der Waals surface area contributed by atoms with E-state index in [9.17, 15) is 0 Å². The van der Waals surface area contributed by atoms with Gasteiger partial charge in [0.05, 0.1) is 0 Å². The molecular formula is C15H16BrN. The maximum atomic E-state index is 5.60. The van der Waals surface area contributed by atoms with Gasteiger partial charge in [-0.15, -0.1) is 0 Å². The van der Waals surface area contributed by atoms with Crippen molar-refractivity contribution in [1.82, 2.24) is 0 Å². The third-order valence-corrected chi connectivity index (χ3v) is 3.52. The fourth-order valence-electron chi connectivity index (χ4n) is 1.85. The zero-order valence-electron chi connectivity index (χ0n) is 9.91. The second-order valence-corrected chi connectivity index (χ2v) is 5.07. The van der Waals surface area contributed by atoms with Crippen LogP contribution in [-0.2, 0) is 6.42 Å². The summed E-state index contributed by atoms with van der Waals surface area (Å²) in [5, 5.41) is 0. The normalized spacial score (nSPS) is 10.5. The van der Waals surface area contributed by atoms with Crippen LogP contribution in [0.4, 0.5) is 0 Å². The summed E-state index contributed by atoms with van der Waals surface area (Å²) in [6.07, 6.45) is 0.923. The van der Waals surface area contributed by atoms with Crippen LogP contribution in [0.1, 0.15) is 11.1 Å². The molecule has 2 aromatic carbocycles. The lowest BCUT2D eigenvalue weighted by molar-refractivity contribution is 0.969. The average molecular weight is 290 g/mol. The van der Waals surface area contributed by atoms with Crippen LogP contribution in [0.25, 0.3) is 11.1 Å². The molecule has 0 spiro atoms. The zero-order chi connectivity index (χ0) is 12.3. The molecule has 0 fully saturated rings. The largest absolute Gasteiger partial charge is 0.330 e. The molecule has 1 nitrogen and oxygen atoms in total. The summed E-state index contributed by atoms with van der Waals surface area (Å²) in [7, 11) is 0. The van der Waals surface area contributed by atoms with E-state index in [0.717, 1.165) is 10.9 Å². The van der Waals surface area contributed by atoms with Crippen molar-refractivity contribution in [2.24, 2.45) is 5.73 Å². The van der Waals surface area contributed by atoms with Gasteiger partial charge in [-0.1, -0.05) is 51.8 Å². The van der Waals surface area contributed by atoms with E-state index in [1.807, 2.05) is 0 Å². The van der Waals surface area contributed by atoms with E-state index in [0.29, 0.717) is 6.54 Å². The number of nitrogens with two attached hydrogens (primary N) is 1. The number of rotatable bonds is 3. The van der Waals surface area contributed by atoms with Crippen LogP contribution in [0.2, 0.25) is 0 Å². The molecule has 2 rings (SSSR count). The zero-order valence-corrected chi connectivity index (χ0v) is 11.5. The maximum Gasteiger partial charge on any atom is 0.0253 e. The molecule has 0 amide bonds. The molecule has 0 heterocycles. The van der Waals surface area contributed by atoms with Gasteiger partial charge in [0, 0.05) is 4.47 Å². The monoisotopic (exact) mass is 289 g/mol. The van der Waals surface area contributed by atoms with E-state index in [4.69, 9.17) is 5.73 Å². The highest BCUT2D eigenvalue weighted by Gasteiger charge is 2.04. The molecule has 0 atom stereocenters. The SMILES string of the molecule is Cc1ccc(-c2cc(CCN)ccc2Br)cc1. The molecule has 2 aromatic rings. The Labute approximate surface area is 111 Å². The van der Waals surface area contributed by atoms with Crippen molar-refractivity contribution >= 4 is 15.9 Å². The average Bonchev–Trinajstić information content (AvgIpc) is 2.33. The highest BCUT2D eigenvalue weighted by molar-refractivity contribution is 9.10. The molecule has 0 aliphatic rings. The topological polar surface area (TPSA) is 26.0 Å². The predicted octanol–water partition coefficient (Wildman–Crippen LogP) is 3.93. The van der Waals surface area contributed by atoms with E-state index >= 15 is 0 Å². The lowest BCUT2D eigenvalue weighted by Gasteiger charge is -2.08. The summed E-state index contributed by atoms with van der Waals surface area (Å²) in [5.74, 6) is 0. The predicted molar refractivity (Wildman–Crippen MR) is 77.1 cm³/mol. The van der Waals surface area contributed by atoms with Crippen LogP contribution in [0.3, 0.4) is 0 Å². The van der Waals surface area contributed by atoms with Crippen LogP contribution >= 0.6 is 15.9 Å². The van der Waals surface area contributed by atoms with Gasteiger partial charge in [-0.3, -0.25) is 0 Å². The molecule has 88 valence electrons. The third kappa shape index (κ3) is 2.96. The molecule has 0 aromatic heterocycles. The first-order valence-electron chi connectivity index (χ1n) is 5.76. The second kappa shape index (κ2) is 5.48. The van der Waals surface area contributed by atoms with E-state index < -0.39 is 0 Å². The smallest absolute Gasteiger partial charge is 0.0253 e. The van der Waals surface area contributed by atoms with Crippen LogP contribution in [0.5, 0.6) is 0 Å². The molecule has 17 heavy (non-hydrogen) atoms. The fourth-order valence-corrected chi connectivity index (χ4v) is 2.32. The highest BCUT2D eigenvalue weighted by atomic mass is 79.9. The van der Waals surface area contributed by atoms with E-state index in [-0.39, 0.29) is 0 Å². The number of benzene rings is 2. The van der Waals surface area contributed by atoms with Crippen molar-refractivity contribution in [3.8, 4) is 11.1 Å². The Morgan fingerprint density at radius 2 is 1.76 bits per heavy atom. The summed E-state index contributed by atoms with van der Waals surface area (Å²) in [5.41, 5.74) is 10.6. The summed E-state index contributed by atoms with van der Waals surface area (Å²) < 4.78 is 1.13. The number of hydrogen-bond donors (Lipinski definition) is 1. The summed E-state index contributed by atoms with van der Waals surface area (Å²) in [6, 6.07) is 15.0. The maximum absolute atomic E-state index is 5.60. The first-order valence-corrected chi connectivity index (χ1v) is 6.55. The van der Waals surface area contributed by atoms with Crippen LogP contribution < -0.4 is 5.73 Å². The Bertz CT molecular complexity index is 503. The number of hydrogen-bond acceptors (Lipinski definition) is 1. The standard InChI is InChI=1S/C15H16BrN/c1-11-2-5-13(6-3-11)14-10-12(8-9-17)4-7-15(14)16/h2-7,10H,8-9,17H2,1H3. The highest BCUT2D eigenvalue weighted by Crippen LogP contribution is 2.29. The molecule has 0 aliphatic carbocycles. The molecule has 0 aliphatic heterocycles. The van der Waals surface area contributed by atoms with Crippen molar-refractivity contribution in [3.63, 3.8) is 0 Å². The van der Waals surface area contributed by atoms with Gasteiger partial charge in [-0.2, -0.15) is 0 Å². The minimum atomic E-state index is 0.689. The van der Waals surface area contributed by atoms with Gasteiger partial charge in [-0.05, 0) is 48.7 Å². The van der Waals surface area contributed by atoms with Crippen molar-refractivity contribution in [2.45, 2.75) is 13.3 Å². The molecule has 0 radical (unpaired) electrons. The number of halogens is 1. The van der Waals surface area contributed by atoms with Gasteiger partial charge in [-0.25, -0.2) is 0 Å². The Balaban J connectivity index is 2.42. The van der Waals surface area contributed by atoms with Gasteiger partial charge in [0.1, 0.15) is 0 Å². The van der Waals surface area contributed by atoms with Gasteiger partial charge in [0.15, 0.2) is 0 Å². The summed E-state index contributed by atoms with van der Waals surface area (Å²) >= 11 is 3.61. The minimum absolute atomic E-state index is 0.689. The van der Waals surface area contributed by atoms with Gasteiger partial charge in [0.25, 0.3) is 0 Å². The quantitative estimate of drug-likeness (QED) is 0.910. The van der Waals surface area contributed by atoms with Gasteiger partial charge in [0.2, 0.25) is 0 Å². The Kier molecular flexibility index (Phi) is 3.97. The Morgan fingerprint density at radius 3 is 2.41 bits per heavy atom. The van der Waals surface area contributed by atoms with Crippen molar-refractivity contribution in [1.29, 1.82) is 0 Å². The van der Waals surface area contributed by atoms with Crippen LogP contribution in [0.15, 0.2) is 46.9 Å². The van der Waals surface area contributed by atoms with E-state index in [1.54, 1.807) is 0 Å². The molecule has 0 bridgehead atoms.